The standard InChI is InChI=1S/C18H34N2/c1-15-7-6-8-16(13-15)14-20-12-5-3-10-18(20)17-9-2-4-11-19-17/h15-19H,2-14H2,1H3. The van der Waals surface area contributed by atoms with Crippen molar-refractivity contribution >= 4 is 0 Å². The number of hydrogen-bond donors (Lipinski definition) is 1. The molecule has 0 aromatic heterocycles. The Hall–Kier alpha value is -0.0800. The van der Waals surface area contributed by atoms with Crippen LogP contribution in [0, 0.1) is 11.8 Å². The highest BCUT2D eigenvalue weighted by Gasteiger charge is 2.32. The molecule has 0 aromatic rings. The van der Waals surface area contributed by atoms with E-state index in [4.69, 9.17) is 0 Å². The van der Waals surface area contributed by atoms with Gasteiger partial charge in [-0.1, -0.05) is 32.6 Å². The lowest BCUT2D eigenvalue weighted by Gasteiger charge is -2.44. The molecule has 4 atom stereocenters. The van der Waals surface area contributed by atoms with Gasteiger partial charge < -0.3 is 5.32 Å². The zero-order valence-corrected chi connectivity index (χ0v) is 13.4. The van der Waals surface area contributed by atoms with Gasteiger partial charge in [0.2, 0.25) is 0 Å². The molecule has 4 unspecified atom stereocenters. The van der Waals surface area contributed by atoms with Gasteiger partial charge in [0.15, 0.2) is 0 Å². The second-order valence-electron chi connectivity index (χ2n) is 7.75. The quantitative estimate of drug-likeness (QED) is 0.844. The molecule has 3 rings (SSSR count). The molecular weight excluding hydrogens is 244 g/mol. The summed E-state index contributed by atoms with van der Waals surface area (Å²) in [7, 11) is 0. The van der Waals surface area contributed by atoms with Gasteiger partial charge in [0.25, 0.3) is 0 Å². The van der Waals surface area contributed by atoms with Crippen molar-refractivity contribution < 1.29 is 0 Å². The molecule has 3 fully saturated rings. The molecule has 2 aliphatic heterocycles. The average Bonchev–Trinajstić information content (AvgIpc) is 2.49. The molecule has 1 aliphatic carbocycles. The van der Waals surface area contributed by atoms with Crippen LogP contribution < -0.4 is 5.32 Å². The first-order chi connectivity index (χ1) is 9.83. The predicted octanol–water partition coefficient (Wildman–Crippen LogP) is 3.81. The highest BCUT2D eigenvalue weighted by atomic mass is 15.2. The van der Waals surface area contributed by atoms with Crippen molar-refractivity contribution in [2.75, 3.05) is 19.6 Å². The summed E-state index contributed by atoms with van der Waals surface area (Å²) in [6, 6.07) is 1.64. The Balaban J connectivity index is 1.56. The van der Waals surface area contributed by atoms with E-state index in [2.05, 4.69) is 17.1 Å². The number of piperidine rings is 2. The molecule has 3 aliphatic rings. The zero-order chi connectivity index (χ0) is 13.8. The summed E-state index contributed by atoms with van der Waals surface area (Å²) in [6.07, 6.45) is 14.5. The van der Waals surface area contributed by atoms with E-state index < -0.39 is 0 Å². The summed E-state index contributed by atoms with van der Waals surface area (Å²) in [5.74, 6) is 1.97. The highest BCUT2D eigenvalue weighted by Crippen LogP contribution is 2.32. The van der Waals surface area contributed by atoms with Crippen LogP contribution in [-0.4, -0.2) is 36.6 Å². The molecule has 2 heterocycles. The maximum absolute atomic E-state index is 3.82. The largest absolute Gasteiger partial charge is 0.312 e. The Kier molecular flexibility index (Phi) is 5.39. The van der Waals surface area contributed by atoms with E-state index in [-0.39, 0.29) is 0 Å². The lowest BCUT2D eigenvalue weighted by molar-refractivity contribution is 0.0740. The number of hydrogen-bond acceptors (Lipinski definition) is 2. The Morgan fingerprint density at radius 3 is 2.65 bits per heavy atom. The Morgan fingerprint density at radius 2 is 1.85 bits per heavy atom. The van der Waals surface area contributed by atoms with Gasteiger partial charge in [-0.25, -0.2) is 0 Å². The summed E-state index contributed by atoms with van der Waals surface area (Å²) in [5, 5.41) is 3.82. The average molecular weight is 278 g/mol. The first-order valence-electron chi connectivity index (χ1n) is 9.30. The maximum atomic E-state index is 3.82. The number of nitrogens with one attached hydrogen (secondary N) is 1. The summed E-state index contributed by atoms with van der Waals surface area (Å²) in [4.78, 5) is 2.88. The molecule has 0 bridgehead atoms. The van der Waals surface area contributed by atoms with Crippen LogP contribution in [0.3, 0.4) is 0 Å². The molecule has 0 amide bonds. The van der Waals surface area contributed by atoms with Gasteiger partial charge in [0.1, 0.15) is 0 Å². The van der Waals surface area contributed by atoms with Crippen LogP contribution in [0.5, 0.6) is 0 Å². The molecule has 2 nitrogen and oxygen atoms in total. The minimum absolute atomic E-state index is 0.796. The molecule has 2 heteroatoms. The molecule has 116 valence electrons. The number of rotatable bonds is 3. The third kappa shape index (κ3) is 3.76. The van der Waals surface area contributed by atoms with Crippen molar-refractivity contribution in [2.45, 2.75) is 83.2 Å². The summed E-state index contributed by atoms with van der Waals surface area (Å²) in [5.41, 5.74) is 0. The second-order valence-corrected chi connectivity index (χ2v) is 7.75. The zero-order valence-electron chi connectivity index (χ0n) is 13.4. The van der Waals surface area contributed by atoms with Crippen LogP contribution in [0.1, 0.15) is 71.1 Å². The fourth-order valence-corrected chi connectivity index (χ4v) is 4.96. The van der Waals surface area contributed by atoms with Crippen molar-refractivity contribution in [3.05, 3.63) is 0 Å². The van der Waals surface area contributed by atoms with Crippen LogP contribution in [0.15, 0.2) is 0 Å². The van der Waals surface area contributed by atoms with Crippen LogP contribution in [0.2, 0.25) is 0 Å². The maximum Gasteiger partial charge on any atom is 0.0249 e. The monoisotopic (exact) mass is 278 g/mol. The van der Waals surface area contributed by atoms with E-state index in [0.29, 0.717) is 0 Å². The summed E-state index contributed by atoms with van der Waals surface area (Å²) < 4.78 is 0. The third-order valence-electron chi connectivity index (χ3n) is 6.01. The van der Waals surface area contributed by atoms with Gasteiger partial charge in [-0.15, -0.1) is 0 Å². The smallest absolute Gasteiger partial charge is 0.0249 e. The van der Waals surface area contributed by atoms with Crippen LogP contribution in [0.25, 0.3) is 0 Å². The third-order valence-corrected chi connectivity index (χ3v) is 6.01. The van der Waals surface area contributed by atoms with Crippen LogP contribution >= 0.6 is 0 Å². The molecule has 0 radical (unpaired) electrons. The predicted molar refractivity (Wildman–Crippen MR) is 86.0 cm³/mol. The van der Waals surface area contributed by atoms with Crippen molar-refractivity contribution in [3.63, 3.8) is 0 Å². The fourth-order valence-electron chi connectivity index (χ4n) is 4.96. The minimum Gasteiger partial charge on any atom is -0.312 e. The molecular formula is C18H34N2. The topological polar surface area (TPSA) is 15.3 Å². The van der Waals surface area contributed by atoms with Gasteiger partial charge in [-0.3, -0.25) is 4.90 Å². The van der Waals surface area contributed by atoms with E-state index in [1.807, 2.05) is 0 Å². The Labute approximate surface area is 125 Å². The lowest BCUT2D eigenvalue weighted by Crippen LogP contribution is -2.54. The highest BCUT2D eigenvalue weighted by molar-refractivity contribution is 4.90. The van der Waals surface area contributed by atoms with Crippen LogP contribution in [0.4, 0.5) is 0 Å². The molecule has 1 N–H and O–H groups in total. The lowest BCUT2D eigenvalue weighted by atomic mass is 9.81. The summed E-state index contributed by atoms with van der Waals surface area (Å²) >= 11 is 0. The van der Waals surface area contributed by atoms with Gasteiger partial charge >= 0.3 is 0 Å². The molecule has 20 heavy (non-hydrogen) atoms. The first kappa shape index (κ1) is 14.8. The normalized spacial score (nSPS) is 40.6. The van der Waals surface area contributed by atoms with E-state index in [1.54, 1.807) is 0 Å². The molecule has 2 saturated heterocycles. The molecule has 1 saturated carbocycles. The van der Waals surface area contributed by atoms with Crippen molar-refractivity contribution in [3.8, 4) is 0 Å². The second kappa shape index (κ2) is 7.26. The number of nitrogens with zero attached hydrogens (tertiary/aromatic N) is 1. The van der Waals surface area contributed by atoms with E-state index >= 15 is 0 Å². The number of likely N-dealkylation sites (tertiary alicyclic amines) is 1. The summed E-state index contributed by atoms with van der Waals surface area (Å²) in [6.45, 7) is 6.49. The van der Waals surface area contributed by atoms with Gasteiger partial charge in [0.05, 0.1) is 0 Å². The van der Waals surface area contributed by atoms with Crippen molar-refractivity contribution in [1.82, 2.24) is 10.2 Å². The molecule has 0 aromatic carbocycles. The minimum atomic E-state index is 0.796. The fraction of sp³-hybridized carbons (Fsp3) is 1.00. The van der Waals surface area contributed by atoms with E-state index in [9.17, 15) is 0 Å². The van der Waals surface area contributed by atoms with E-state index in [1.165, 1.54) is 83.8 Å². The van der Waals surface area contributed by atoms with Gasteiger partial charge in [0, 0.05) is 18.6 Å². The Morgan fingerprint density at radius 1 is 0.950 bits per heavy atom. The van der Waals surface area contributed by atoms with Crippen molar-refractivity contribution in [2.24, 2.45) is 11.8 Å². The van der Waals surface area contributed by atoms with E-state index in [0.717, 1.165) is 23.9 Å². The van der Waals surface area contributed by atoms with Crippen LogP contribution in [-0.2, 0) is 0 Å². The van der Waals surface area contributed by atoms with Gasteiger partial charge in [-0.05, 0) is 63.5 Å². The van der Waals surface area contributed by atoms with Crippen molar-refractivity contribution in [1.29, 1.82) is 0 Å². The molecule has 0 spiro atoms. The SMILES string of the molecule is CC1CCCC(CN2CCCCC2C2CCCCN2)C1. The first-order valence-corrected chi connectivity index (χ1v) is 9.30. The Bertz CT molecular complexity index is 285. The van der Waals surface area contributed by atoms with Gasteiger partial charge in [-0.2, -0.15) is 0 Å².